The van der Waals surface area contributed by atoms with Gasteiger partial charge in [-0.3, -0.25) is 0 Å². The molecule has 2 unspecified atom stereocenters. The zero-order valence-electron chi connectivity index (χ0n) is 9.32. The maximum atomic E-state index is 9.67. The van der Waals surface area contributed by atoms with E-state index in [0.29, 0.717) is 6.61 Å². The molecule has 0 heterocycles. The lowest BCUT2D eigenvalue weighted by Crippen LogP contribution is -2.26. The quantitative estimate of drug-likeness (QED) is 0.845. The second kappa shape index (κ2) is 3.98. The fourth-order valence-electron chi connectivity index (χ4n) is 3.37. The summed E-state index contributed by atoms with van der Waals surface area (Å²) in [6.07, 6.45) is 4.99. The molecule has 0 amide bonds. The van der Waals surface area contributed by atoms with Gasteiger partial charge in [0.1, 0.15) is 0 Å². The third-order valence-corrected chi connectivity index (χ3v) is 5.01. The first-order chi connectivity index (χ1) is 7.71. The summed E-state index contributed by atoms with van der Waals surface area (Å²) in [5.41, 5.74) is 1.59. The van der Waals surface area contributed by atoms with Gasteiger partial charge in [0, 0.05) is 10.2 Å². The van der Waals surface area contributed by atoms with Gasteiger partial charge in [0.2, 0.25) is 0 Å². The highest BCUT2D eigenvalue weighted by molar-refractivity contribution is 14.1. The maximum absolute atomic E-state index is 9.67. The molecule has 0 aromatic heterocycles. The number of rotatable bonds is 3. The minimum absolute atomic E-state index is 0.209. The van der Waals surface area contributed by atoms with Crippen molar-refractivity contribution in [2.24, 2.45) is 17.3 Å². The lowest BCUT2D eigenvalue weighted by Gasteiger charge is -2.28. The van der Waals surface area contributed by atoms with Crippen LogP contribution in [-0.2, 0) is 6.42 Å². The number of aliphatic hydroxyl groups is 1. The predicted molar refractivity (Wildman–Crippen MR) is 73.2 cm³/mol. The van der Waals surface area contributed by atoms with Gasteiger partial charge in [0.15, 0.2) is 0 Å². The summed E-state index contributed by atoms with van der Waals surface area (Å²) in [5.74, 6) is 1.88. The van der Waals surface area contributed by atoms with Crippen molar-refractivity contribution in [3.63, 3.8) is 0 Å². The molecule has 3 rings (SSSR count). The van der Waals surface area contributed by atoms with E-state index in [0.717, 1.165) is 18.3 Å². The van der Waals surface area contributed by atoms with Gasteiger partial charge in [-0.1, -0.05) is 12.1 Å². The molecule has 0 radical (unpaired) electrons. The molecule has 0 aliphatic heterocycles. The fraction of sp³-hybridized carbons (Fsp3) is 0.571. The molecule has 1 aromatic carbocycles. The van der Waals surface area contributed by atoms with E-state index in [-0.39, 0.29) is 5.41 Å². The van der Waals surface area contributed by atoms with E-state index in [1.165, 1.54) is 28.4 Å². The highest BCUT2D eigenvalue weighted by atomic mass is 127. The van der Waals surface area contributed by atoms with Gasteiger partial charge in [-0.2, -0.15) is 0 Å². The van der Waals surface area contributed by atoms with E-state index in [1.54, 1.807) is 0 Å². The zero-order chi connectivity index (χ0) is 11.2. The smallest absolute Gasteiger partial charge is 0.0490 e. The Labute approximate surface area is 110 Å². The molecular weight excluding hydrogens is 311 g/mol. The molecule has 1 nitrogen and oxygen atoms in total. The standard InChI is InChI=1S/C14H17IO/c15-13-3-1-10(2-4-13)6-14(9-16)7-11-5-12(11)8-14/h1-4,11-12,16H,5-9H2. The third kappa shape index (κ3) is 2.02. The Morgan fingerprint density at radius 3 is 2.38 bits per heavy atom. The lowest BCUT2D eigenvalue weighted by atomic mass is 9.78. The summed E-state index contributed by atoms with van der Waals surface area (Å²) >= 11 is 2.33. The van der Waals surface area contributed by atoms with Crippen molar-refractivity contribution >= 4 is 22.6 Å². The molecule has 2 heteroatoms. The van der Waals surface area contributed by atoms with Gasteiger partial charge in [0.05, 0.1) is 0 Å². The van der Waals surface area contributed by atoms with Crippen molar-refractivity contribution in [1.82, 2.24) is 0 Å². The van der Waals surface area contributed by atoms with Crippen LogP contribution in [-0.4, -0.2) is 11.7 Å². The minimum atomic E-state index is 0.209. The maximum Gasteiger partial charge on any atom is 0.0490 e. The van der Waals surface area contributed by atoms with Gasteiger partial charge in [-0.05, 0) is 83.2 Å². The topological polar surface area (TPSA) is 20.2 Å². The molecule has 2 aliphatic carbocycles. The van der Waals surface area contributed by atoms with Crippen molar-refractivity contribution < 1.29 is 5.11 Å². The average Bonchev–Trinajstić information content (AvgIpc) is 2.91. The molecule has 86 valence electrons. The number of hydrogen-bond acceptors (Lipinski definition) is 1. The van der Waals surface area contributed by atoms with Crippen LogP contribution >= 0.6 is 22.6 Å². The molecule has 0 bridgehead atoms. The van der Waals surface area contributed by atoms with Crippen molar-refractivity contribution in [2.45, 2.75) is 25.7 Å². The molecule has 2 aliphatic rings. The second-order valence-corrected chi connectivity index (χ2v) is 6.87. The van der Waals surface area contributed by atoms with Crippen molar-refractivity contribution in [2.75, 3.05) is 6.61 Å². The van der Waals surface area contributed by atoms with Gasteiger partial charge in [0.25, 0.3) is 0 Å². The molecule has 1 N–H and O–H groups in total. The van der Waals surface area contributed by atoms with Crippen LogP contribution in [0.4, 0.5) is 0 Å². The van der Waals surface area contributed by atoms with Gasteiger partial charge in [-0.15, -0.1) is 0 Å². The number of halogens is 1. The normalized spacial score (nSPS) is 36.1. The van der Waals surface area contributed by atoms with Crippen LogP contribution in [0, 0.1) is 20.8 Å². The summed E-state index contributed by atoms with van der Waals surface area (Å²) in [6, 6.07) is 8.75. The molecule has 2 saturated carbocycles. The zero-order valence-corrected chi connectivity index (χ0v) is 11.5. The third-order valence-electron chi connectivity index (χ3n) is 4.29. The first-order valence-corrected chi connectivity index (χ1v) is 7.14. The van der Waals surface area contributed by atoms with Crippen LogP contribution in [0.25, 0.3) is 0 Å². The van der Waals surface area contributed by atoms with Crippen molar-refractivity contribution in [1.29, 1.82) is 0 Å². The van der Waals surface area contributed by atoms with Crippen LogP contribution in [0.2, 0.25) is 0 Å². The van der Waals surface area contributed by atoms with Crippen LogP contribution in [0.3, 0.4) is 0 Å². The van der Waals surface area contributed by atoms with Crippen LogP contribution in [0.15, 0.2) is 24.3 Å². The molecule has 1 aromatic rings. The SMILES string of the molecule is OCC1(Cc2ccc(I)cc2)CC2CC2C1. The summed E-state index contributed by atoms with van der Waals surface area (Å²) in [7, 11) is 0. The Morgan fingerprint density at radius 1 is 1.19 bits per heavy atom. The van der Waals surface area contributed by atoms with Crippen LogP contribution in [0.1, 0.15) is 24.8 Å². The Balaban J connectivity index is 1.75. The number of aliphatic hydroxyl groups excluding tert-OH is 1. The first-order valence-electron chi connectivity index (χ1n) is 6.06. The van der Waals surface area contributed by atoms with Gasteiger partial charge < -0.3 is 5.11 Å². The Kier molecular flexibility index (Phi) is 2.75. The predicted octanol–water partition coefficient (Wildman–Crippen LogP) is 3.24. The molecule has 0 spiro atoms. The van der Waals surface area contributed by atoms with Crippen LogP contribution in [0.5, 0.6) is 0 Å². The van der Waals surface area contributed by atoms with Gasteiger partial charge >= 0.3 is 0 Å². The van der Waals surface area contributed by atoms with E-state index in [2.05, 4.69) is 46.9 Å². The highest BCUT2D eigenvalue weighted by Crippen LogP contribution is 2.60. The van der Waals surface area contributed by atoms with Crippen LogP contribution < -0.4 is 0 Å². The highest BCUT2D eigenvalue weighted by Gasteiger charge is 2.53. The minimum Gasteiger partial charge on any atom is -0.396 e. The monoisotopic (exact) mass is 328 g/mol. The molecule has 16 heavy (non-hydrogen) atoms. The number of fused-ring (bicyclic) bond motifs is 1. The van der Waals surface area contributed by atoms with Crippen molar-refractivity contribution in [3.05, 3.63) is 33.4 Å². The lowest BCUT2D eigenvalue weighted by molar-refractivity contribution is 0.117. The first kappa shape index (κ1) is 11.0. The van der Waals surface area contributed by atoms with Crippen molar-refractivity contribution in [3.8, 4) is 0 Å². The average molecular weight is 328 g/mol. The van der Waals surface area contributed by atoms with E-state index < -0.39 is 0 Å². The molecule has 0 saturated heterocycles. The number of hydrogen-bond donors (Lipinski definition) is 1. The second-order valence-electron chi connectivity index (χ2n) is 5.63. The summed E-state index contributed by atoms with van der Waals surface area (Å²) < 4.78 is 1.29. The molecular formula is C14H17IO. The van der Waals surface area contributed by atoms with E-state index in [9.17, 15) is 5.11 Å². The molecule has 2 atom stereocenters. The summed E-state index contributed by atoms with van der Waals surface area (Å²) in [4.78, 5) is 0. The largest absolute Gasteiger partial charge is 0.396 e. The summed E-state index contributed by atoms with van der Waals surface area (Å²) in [5, 5.41) is 9.67. The van der Waals surface area contributed by atoms with E-state index in [4.69, 9.17) is 0 Å². The van der Waals surface area contributed by atoms with E-state index >= 15 is 0 Å². The Morgan fingerprint density at radius 2 is 1.81 bits per heavy atom. The van der Waals surface area contributed by atoms with E-state index in [1.807, 2.05) is 0 Å². The fourth-order valence-corrected chi connectivity index (χ4v) is 3.73. The number of benzene rings is 1. The summed E-state index contributed by atoms with van der Waals surface area (Å²) in [6.45, 7) is 0.367. The Bertz CT molecular complexity index is 374. The molecule has 2 fully saturated rings. The Hall–Kier alpha value is -0.0900. The van der Waals surface area contributed by atoms with Gasteiger partial charge in [-0.25, -0.2) is 0 Å².